The Hall–Kier alpha value is -1.31. The first kappa shape index (κ1) is 12.8. The topological polar surface area (TPSA) is 59.4 Å². The van der Waals surface area contributed by atoms with Gasteiger partial charge >= 0.3 is 12.1 Å². The van der Waals surface area contributed by atoms with Crippen LogP contribution in [0, 0.1) is 0 Å². The fourth-order valence-corrected chi connectivity index (χ4v) is 1.36. The zero-order chi connectivity index (χ0) is 12.3. The molecule has 1 heterocycles. The summed E-state index contributed by atoms with van der Waals surface area (Å²) in [5.74, 6) is -1.69. The molecule has 0 radical (unpaired) electrons. The first-order valence-corrected chi connectivity index (χ1v) is 4.68. The van der Waals surface area contributed by atoms with E-state index in [1.54, 1.807) is 0 Å². The van der Waals surface area contributed by atoms with Crippen molar-refractivity contribution < 1.29 is 27.8 Å². The average molecular weight is 300 g/mol. The lowest BCUT2D eigenvalue weighted by Crippen LogP contribution is -2.20. The minimum atomic E-state index is -4.50. The molecule has 8 heteroatoms. The van der Waals surface area contributed by atoms with Crippen LogP contribution in [-0.4, -0.2) is 28.8 Å². The normalized spacial score (nSPS) is 11.2. The Kier molecular flexibility index (Phi) is 3.74. The van der Waals surface area contributed by atoms with Crippen molar-refractivity contribution in [2.24, 2.45) is 0 Å². The molecule has 0 fully saturated rings. The summed E-state index contributed by atoms with van der Waals surface area (Å²) in [6.45, 7) is -1.53. The third-order valence-corrected chi connectivity index (χ3v) is 2.23. The summed E-state index contributed by atoms with van der Waals surface area (Å²) in [6, 6.07) is 1.15. The molecule has 1 aromatic heterocycles. The van der Waals surface area contributed by atoms with Crippen LogP contribution in [0.3, 0.4) is 0 Å². The number of pyridine rings is 1. The Labute approximate surface area is 96.2 Å². The molecule has 88 valence electrons. The van der Waals surface area contributed by atoms with Crippen LogP contribution in [0.15, 0.2) is 16.7 Å². The van der Waals surface area contributed by atoms with Crippen LogP contribution in [0.1, 0.15) is 10.4 Å². The monoisotopic (exact) mass is 299 g/mol. The van der Waals surface area contributed by atoms with Crippen LogP contribution < -0.4 is 4.74 Å². The maximum Gasteiger partial charge on any atom is 0.422 e. The maximum absolute atomic E-state index is 11.8. The molecule has 0 saturated carbocycles. The van der Waals surface area contributed by atoms with Crippen molar-refractivity contribution in [3.63, 3.8) is 0 Å². The standard InChI is InChI=1S/C8H5BrF3NO3/c9-5-4(7(14)15)1-2-13-6(5)16-3-8(10,11)12/h1-2H,3H2,(H,14,15). The van der Waals surface area contributed by atoms with Crippen molar-refractivity contribution in [2.75, 3.05) is 6.61 Å². The van der Waals surface area contributed by atoms with Crippen LogP contribution in [0.25, 0.3) is 0 Å². The molecule has 0 saturated heterocycles. The van der Waals surface area contributed by atoms with Gasteiger partial charge in [0.25, 0.3) is 0 Å². The molecular formula is C8H5BrF3NO3. The number of aromatic nitrogens is 1. The van der Waals surface area contributed by atoms with E-state index in [0.717, 1.165) is 12.3 Å². The molecule has 1 N–H and O–H groups in total. The van der Waals surface area contributed by atoms with E-state index in [0.29, 0.717) is 0 Å². The molecule has 0 unspecified atom stereocenters. The number of carbonyl (C=O) groups is 1. The highest BCUT2D eigenvalue weighted by molar-refractivity contribution is 9.10. The second-order valence-corrected chi connectivity index (χ2v) is 3.48. The largest absolute Gasteiger partial charge is 0.478 e. The van der Waals surface area contributed by atoms with Crippen LogP contribution in [-0.2, 0) is 0 Å². The van der Waals surface area contributed by atoms with E-state index in [2.05, 4.69) is 25.7 Å². The minimum Gasteiger partial charge on any atom is -0.478 e. The van der Waals surface area contributed by atoms with E-state index in [1.165, 1.54) is 0 Å². The highest BCUT2D eigenvalue weighted by Crippen LogP contribution is 2.27. The van der Waals surface area contributed by atoms with Gasteiger partial charge < -0.3 is 9.84 Å². The molecule has 0 spiro atoms. The summed E-state index contributed by atoms with van der Waals surface area (Å²) in [6.07, 6.45) is -3.44. The quantitative estimate of drug-likeness (QED) is 0.931. The molecule has 1 rings (SSSR count). The van der Waals surface area contributed by atoms with Gasteiger partial charge in [-0.05, 0) is 22.0 Å². The number of carboxylic acids is 1. The van der Waals surface area contributed by atoms with E-state index >= 15 is 0 Å². The molecule has 0 atom stereocenters. The highest BCUT2D eigenvalue weighted by Gasteiger charge is 2.29. The zero-order valence-corrected chi connectivity index (χ0v) is 9.17. The second kappa shape index (κ2) is 4.69. The van der Waals surface area contributed by atoms with Gasteiger partial charge in [0.15, 0.2) is 6.61 Å². The third kappa shape index (κ3) is 3.37. The minimum absolute atomic E-state index is 0.119. The van der Waals surface area contributed by atoms with Gasteiger partial charge in [0.2, 0.25) is 5.88 Å². The molecule has 4 nitrogen and oxygen atoms in total. The summed E-state index contributed by atoms with van der Waals surface area (Å²) in [4.78, 5) is 14.1. The highest BCUT2D eigenvalue weighted by atomic mass is 79.9. The van der Waals surface area contributed by atoms with Crippen LogP contribution in [0.4, 0.5) is 13.2 Å². The first-order valence-electron chi connectivity index (χ1n) is 3.88. The fraction of sp³-hybridized carbons (Fsp3) is 0.250. The van der Waals surface area contributed by atoms with Gasteiger partial charge in [-0.2, -0.15) is 13.2 Å². The van der Waals surface area contributed by atoms with Crippen LogP contribution in [0.2, 0.25) is 0 Å². The molecule has 0 aliphatic rings. The lowest BCUT2D eigenvalue weighted by molar-refractivity contribution is -0.154. The zero-order valence-electron chi connectivity index (χ0n) is 7.58. The van der Waals surface area contributed by atoms with Crippen molar-refractivity contribution in [3.05, 3.63) is 22.3 Å². The Morgan fingerprint density at radius 2 is 2.19 bits per heavy atom. The van der Waals surface area contributed by atoms with Gasteiger partial charge in [0, 0.05) is 6.20 Å². The van der Waals surface area contributed by atoms with E-state index in [-0.39, 0.29) is 10.0 Å². The number of hydrogen-bond donors (Lipinski definition) is 1. The Morgan fingerprint density at radius 3 is 2.69 bits per heavy atom. The molecule has 1 aromatic rings. The summed E-state index contributed by atoms with van der Waals surface area (Å²) >= 11 is 2.81. The Balaban J connectivity index is 2.90. The van der Waals surface area contributed by atoms with E-state index in [1.807, 2.05) is 0 Å². The summed E-state index contributed by atoms with van der Waals surface area (Å²) in [5, 5.41) is 8.68. The molecular weight excluding hydrogens is 295 g/mol. The average Bonchev–Trinajstić information content (AvgIpc) is 2.14. The predicted octanol–water partition coefficient (Wildman–Crippen LogP) is 2.48. The molecule has 0 bridgehead atoms. The van der Waals surface area contributed by atoms with Crippen molar-refractivity contribution >= 4 is 21.9 Å². The van der Waals surface area contributed by atoms with E-state index in [4.69, 9.17) is 5.11 Å². The van der Waals surface area contributed by atoms with Gasteiger partial charge in [0.1, 0.15) is 0 Å². The van der Waals surface area contributed by atoms with Gasteiger partial charge in [-0.1, -0.05) is 0 Å². The van der Waals surface area contributed by atoms with E-state index < -0.39 is 24.6 Å². The SMILES string of the molecule is O=C(O)c1ccnc(OCC(F)(F)F)c1Br. The fourth-order valence-electron chi connectivity index (χ4n) is 0.841. The second-order valence-electron chi connectivity index (χ2n) is 2.69. The molecule has 0 aliphatic heterocycles. The number of alkyl halides is 3. The number of halogens is 4. The number of ether oxygens (including phenoxy) is 1. The first-order chi connectivity index (χ1) is 7.31. The lowest BCUT2D eigenvalue weighted by Gasteiger charge is -2.10. The van der Waals surface area contributed by atoms with Crippen LogP contribution >= 0.6 is 15.9 Å². The van der Waals surface area contributed by atoms with Gasteiger partial charge in [-0.3, -0.25) is 0 Å². The molecule has 0 aliphatic carbocycles. The van der Waals surface area contributed by atoms with Crippen molar-refractivity contribution in [1.82, 2.24) is 4.98 Å². The maximum atomic E-state index is 11.8. The lowest BCUT2D eigenvalue weighted by atomic mass is 10.3. The molecule has 0 amide bonds. The number of nitrogens with zero attached hydrogens (tertiary/aromatic N) is 1. The predicted molar refractivity (Wildman–Crippen MR) is 50.4 cm³/mol. The Bertz CT molecular complexity index is 408. The number of aromatic carboxylic acids is 1. The van der Waals surface area contributed by atoms with Gasteiger partial charge in [0.05, 0.1) is 10.0 Å². The van der Waals surface area contributed by atoms with Crippen molar-refractivity contribution in [3.8, 4) is 5.88 Å². The van der Waals surface area contributed by atoms with Crippen molar-refractivity contribution in [2.45, 2.75) is 6.18 Å². The summed E-state index contributed by atoms with van der Waals surface area (Å²) < 4.78 is 39.8. The number of hydrogen-bond acceptors (Lipinski definition) is 3. The smallest absolute Gasteiger partial charge is 0.422 e. The third-order valence-electron chi connectivity index (χ3n) is 1.46. The Morgan fingerprint density at radius 1 is 1.56 bits per heavy atom. The van der Waals surface area contributed by atoms with Gasteiger partial charge in [-0.15, -0.1) is 0 Å². The molecule has 16 heavy (non-hydrogen) atoms. The number of rotatable bonds is 3. The van der Waals surface area contributed by atoms with E-state index in [9.17, 15) is 18.0 Å². The van der Waals surface area contributed by atoms with Crippen LogP contribution in [0.5, 0.6) is 5.88 Å². The number of carboxylic acid groups (broad SMARTS) is 1. The molecule has 0 aromatic carbocycles. The summed E-state index contributed by atoms with van der Waals surface area (Å²) in [5.41, 5.74) is -0.216. The summed E-state index contributed by atoms with van der Waals surface area (Å²) in [7, 11) is 0. The van der Waals surface area contributed by atoms with Gasteiger partial charge in [-0.25, -0.2) is 9.78 Å². The van der Waals surface area contributed by atoms with Crippen molar-refractivity contribution in [1.29, 1.82) is 0 Å².